The highest BCUT2D eigenvalue weighted by atomic mass is 32.2. The van der Waals surface area contributed by atoms with Gasteiger partial charge in [0.15, 0.2) is 0 Å². The monoisotopic (exact) mass is 227 g/mol. The van der Waals surface area contributed by atoms with Crippen molar-refractivity contribution >= 4 is 34.4 Å². The van der Waals surface area contributed by atoms with Crippen LogP contribution in [0.15, 0.2) is 27.9 Å². The van der Waals surface area contributed by atoms with Gasteiger partial charge in [0.05, 0.1) is 9.96 Å². The van der Waals surface area contributed by atoms with Crippen molar-refractivity contribution in [1.82, 2.24) is 4.98 Å². The predicted molar refractivity (Wildman–Crippen MR) is 60.7 cm³/mol. The molecule has 0 spiro atoms. The van der Waals surface area contributed by atoms with E-state index in [4.69, 9.17) is 0 Å². The number of aryl methyl sites for hydroxylation is 1. The molecule has 2 aromatic heterocycles. The van der Waals surface area contributed by atoms with E-state index in [0.29, 0.717) is 0 Å². The molecule has 1 nitrogen and oxygen atoms in total. The molecule has 4 heteroatoms. The maximum absolute atomic E-state index is 4.32. The van der Waals surface area contributed by atoms with E-state index in [-0.39, 0.29) is 0 Å². The SMILES string of the molecule is Cc1cnc(CSc2cccs2)s1. The molecule has 0 amide bonds. The second kappa shape index (κ2) is 4.26. The molecule has 0 aliphatic rings. The minimum atomic E-state index is 0.999. The first kappa shape index (κ1) is 9.24. The summed E-state index contributed by atoms with van der Waals surface area (Å²) < 4.78 is 1.37. The van der Waals surface area contributed by atoms with Crippen LogP contribution in [0.2, 0.25) is 0 Å². The Balaban J connectivity index is 1.93. The van der Waals surface area contributed by atoms with Crippen LogP contribution in [0.3, 0.4) is 0 Å². The van der Waals surface area contributed by atoms with Crippen molar-refractivity contribution in [2.45, 2.75) is 16.9 Å². The minimum absolute atomic E-state index is 0.999. The van der Waals surface area contributed by atoms with E-state index in [2.05, 4.69) is 29.4 Å². The van der Waals surface area contributed by atoms with E-state index in [0.717, 1.165) is 5.75 Å². The van der Waals surface area contributed by atoms with Gasteiger partial charge in [-0.2, -0.15) is 0 Å². The van der Waals surface area contributed by atoms with Crippen LogP contribution < -0.4 is 0 Å². The second-order valence-corrected chi connectivity index (χ2v) is 6.13. The first-order chi connectivity index (χ1) is 6.34. The van der Waals surface area contributed by atoms with Crippen LogP contribution in [0, 0.1) is 6.92 Å². The number of thioether (sulfide) groups is 1. The third kappa shape index (κ3) is 2.56. The molecule has 13 heavy (non-hydrogen) atoms. The molecule has 0 radical (unpaired) electrons. The van der Waals surface area contributed by atoms with Gasteiger partial charge in [0.2, 0.25) is 0 Å². The Bertz CT molecular complexity index is 364. The standard InChI is InChI=1S/C9H9NS3/c1-7-5-10-8(13-7)6-12-9-3-2-4-11-9/h2-5H,6H2,1H3. The summed E-state index contributed by atoms with van der Waals surface area (Å²) in [4.78, 5) is 5.61. The molecule has 0 saturated heterocycles. The van der Waals surface area contributed by atoms with Crippen molar-refractivity contribution in [1.29, 1.82) is 0 Å². The molecular weight excluding hydrogens is 218 g/mol. The lowest BCUT2D eigenvalue weighted by Gasteiger charge is -1.92. The molecule has 2 heterocycles. The summed E-state index contributed by atoms with van der Waals surface area (Å²) >= 11 is 5.43. The molecule has 0 aromatic carbocycles. The van der Waals surface area contributed by atoms with Gasteiger partial charge >= 0.3 is 0 Å². The minimum Gasteiger partial charge on any atom is -0.249 e. The van der Waals surface area contributed by atoms with Crippen molar-refractivity contribution in [2.75, 3.05) is 0 Å². The van der Waals surface area contributed by atoms with Gasteiger partial charge in [0, 0.05) is 11.1 Å². The number of aromatic nitrogens is 1. The first-order valence-electron chi connectivity index (χ1n) is 3.92. The van der Waals surface area contributed by atoms with Gasteiger partial charge in [-0.25, -0.2) is 4.98 Å². The van der Waals surface area contributed by atoms with Crippen molar-refractivity contribution in [2.24, 2.45) is 0 Å². The van der Waals surface area contributed by atoms with Crippen LogP contribution in [0.1, 0.15) is 9.88 Å². The fourth-order valence-electron chi connectivity index (χ4n) is 0.947. The average molecular weight is 227 g/mol. The van der Waals surface area contributed by atoms with Gasteiger partial charge in [0.25, 0.3) is 0 Å². The zero-order chi connectivity index (χ0) is 9.10. The molecule has 0 unspecified atom stereocenters. The fraction of sp³-hybridized carbons (Fsp3) is 0.222. The molecule has 0 atom stereocenters. The Morgan fingerprint density at radius 1 is 1.54 bits per heavy atom. The summed E-state index contributed by atoms with van der Waals surface area (Å²) in [5.41, 5.74) is 0. The molecule has 2 rings (SSSR count). The third-order valence-corrected chi connectivity index (χ3v) is 4.74. The number of hydrogen-bond donors (Lipinski definition) is 0. The number of hydrogen-bond acceptors (Lipinski definition) is 4. The molecule has 2 aromatic rings. The summed E-state index contributed by atoms with van der Waals surface area (Å²) in [6, 6.07) is 4.23. The predicted octanol–water partition coefficient (Wildman–Crippen LogP) is 3.81. The number of rotatable bonds is 3. The highest BCUT2D eigenvalue weighted by molar-refractivity contribution is 8.00. The Morgan fingerprint density at radius 3 is 3.08 bits per heavy atom. The van der Waals surface area contributed by atoms with Gasteiger partial charge in [-0.3, -0.25) is 0 Å². The molecule has 0 aliphatic heterocycles. The first-order valence-corrected chi connectivity index (χ1v) is 6.60. The van der Waals surface area contributed by atoms with Crippen molar-refractivity contribution in [3.63, 3.8) is 0 Å². The van der Waals surface area contributed by atoms with Crippen LogP contribution in [-0.2, 0) is 5.75 Å². The normalized spacial score (nSPS) is 10.5. The Hall–Kier alpha value is -0.320. The molecule has 0 saturated carbocycles. The summed E-state index contributed by atoms with van der Waals surface area (Å²) in [5, 5.41) is 3.33. The summed E-state index contributed by atoms with van der Waals surface area (Å²) in [6.07, 6.45) is 1.94. The Morgan fingerprint density at radius 2 is 2.46 bits per heavy atom. The summed E-state index contributed by atoms with van der Waals surface area (Å²) in [5.74, 6) is 0.999. The Kier molecular flexibility index (Phi) is 3.03. The summed E-state index contributed by atoms with van der Waals surface area (Å²) in [6.45, 7) is 2.09. The molecule has 0 fully saturated rings. The van der Waals surface area contributed by atoms with Crippen LogP contribution >= 0.6 is 34.4 Å². The lowest BCUT2D eigenvalue weighted by molar-refractivity contribution is 1.26. The Labute approximate surface area is 89.8 Å². The van der Waals surface area contributed by atoms with Crippen LogP contribution in [-0.4, -0.2) is 4.98 Å². The van der Waals surface area contributed by atoms with E-state index in [9.17, 15) is 0 Å². The van der Waals surface area contributed by atoms with Gasteiger partial charge in [-0.15, -0.1) is 34.4 Å². The van der Waals surface area contributed by atoms with Crippen molar-refractivity contribution in [3.05, 3.63) is 33.6 Å². The molecule has 0 bridgehead atoms. The average Bonchev–Trinajstić information content (AvgIpc) is 2.71. The maximum atomic E-state index is 4.32. The molecule has 0 aliphatic carbocycles. The molecular formula is C9H9NS3. The zero-order valence-electron chi connectivity index (χ0n) is 7.19. The topological polar surface area (TPSA) is 12.9 Å². The lowest BCUT2D eigenvalue weighted by atomic mass is 10.6. The lowest BCUT2D eigenvalue weighted by Crippen LogP contribution is -1.74. The quantitative estimate of drug-likeness (QED) is 0.740. The maximum Gasteiger partial charge on any atom is 0.103 e. The van der Waals surface area contributed by atoms with Gasteiger partial charge in [-0.05, 0) is 18.4 Å². The number of nitrogens with zero attached hydrogens (tertiary/aromatic N) is 1. The van der Waals surface area contributed by atoms with Crippen molar-refractivity contribution in [3.8, 4) is 0 Å². The smallest absolute Gasteiger partial charge is 0.103 e. The van der Waals surface area contributed by atoms with E-state index < -0.39 is 0 Å². The van der Waals surface area contributed by atoms with E-state index in [1.165, 1.54) is 14.1 Å². The highest BCUT2D eigenvalue weighted by Gasteiger charge is 2.00. The van der Waals surface area contributed by atoms with Crippen LogP contribution in [0.5, 0.6) is 0 Å². The number of thiazole rings is 1. The van der Waals surface area contributed by atoms with E-state index in [1.54, 1.807) is 22.7 Å². The largest absolute Gasteiger partial charge is 0.249 e. The van der Waals surface area contributed by atoms with Crippen molar-refractivity contribution < 1.29 is 0 Å². The second-order valence-electron chi connectivity index (χ2n) is 2.59. The van der Waals surface area contributed by atoms with Crippen LogP contribution in [0.4, 0.5) is 0 Å². The van der Waals surface area contributed by atoms with Gasteiger partial charge < -0.3 is 0 Å². The van der Waals surface area contributed by atoms with E-state index in [1.807, 2.05) is 18.0 Å². The molecule has 68 valence electrons. The third-order valence-electron chi connectivity index (χ3n) is 1.50. The summed E-state index contributed by atoms with van der Waals surface area (Å²) in [7, 11) is 0. The fourth-order valence-corrected chi connectivity index (χ4v) is 3.52. The van der Waals surface area contributed by atoms with Gasteiger partial charge in [-0.1, -0.05) is 6.07 Å². The molecule has 0 N–H and O–H groups in total. The van der Waals surface area contributed by atoms with E-state index >= 15 is 0 Å². The van der Waals surface area contributed by atoms with Crippen LogP contribution in [0.25, 0.3) is 0 Å². The highest BCUT2D eigenvalue weighted by Crippen LogP contribution is 2.28. The number of thiophene rings is 1. The zero-order valence-corrected chi connectivity index (χ0v) is 9.64. The van der Waals surface area contributed by atoms with Gasteiger partial charge in [0.1, 0.15) is 5.01 Å².